The highest BCUT2D eigenvalue weighted by molar-refractivity contribution is 5.95. The number of carbonyl (C=O) groups is 2. The van der Waals surface area contributed by atoms with Crippen LogP contribution in [-0.2, 0) is 9.53 Å². The number of benzene rings is 2. The van der Waals surface area contributed by atoms with Crippen molar-refractivity contribution in [1.29, 1.82) is 0 Å². The number of ether oxygens (including phenoxy) is 3. The molecule has 154 valence electrons. The second kappa shape index (κ2) is 9.93. The number of amides is 1. The van der Waals surface area contributed by atoms with Gasteiger partial charge in [0.25, 0.3) is 5.91 Å². The van der Waals surface area contributed by atoms with Crippen LogP contribution in [0.15, 0.2) is 48.5 Å². The molecule has 2 aromatic carbocycles. The molecule has 0 spiro atoms. The zero-order valence-electron chi connectivity index (χ0n) is 16.8. The highest BCUT2D eigenvalue weighted by Crippen LogP contribution is 2.31. The average Bonchev–Trinajstić information content (AvgIpc) is 2.76. The number of para-hydroxylation sites is 2. The largest absolute Gasteiger partial charge is 0.485 e. The van der Waals surface area contributed by atoms with Crippen LogP contribution in [-0.4, -0.2) is 50.8 Å². The minimum Gasteiger partial charge on any atom is -0.485 e. The van der Waals surface area contributed by atoms with Crippen molar-refractivity contribution in [2.75, 3.05) is 38.2 Å². The minimum absolute atomic E-state index is 0.141. The monoisotopic (exact) mass is 399 g/mol. The van der Waals surface area contributed by atoms with Gasteiger partial charge in [-0.1, -0.05) is 12.1 Å². The fourth-order valence-electron chi connectivity index (χ4n) is 3.04. The molecule has 1 atom stereocenters. The van der Waals surface area contributed by atoms with Gasteiger partial charge in [-0.25, -0.2) is 4.79 Å². The van der Waals surface area contributed by atoms with E-state index >= 15 is 0 Å². The first-order chi connectivity index (χ1) is 14.1. The second-order valence-electron chi connectivity index (χ2n) is 6.77. The van der Waals surface area contributed by atoms with Gasteiger partial charge >= 0.3 is 5.97 Å². The van der Waals surface area contributed by atoms with E-state index in [4.69, 9.17) is 14.2 Å². The fourth-order valence-corrected chi connectivity index (χ4v) is 3.04. The number of hydrogen-bond donors (Lipinski definition) is 2. The van der Waals surface area contributed by atoms with Crippen molar-refractivity contribution >= 4 is 17.6 Å². The highest BCUT2D eigenvalue weighted by Gasteiger charge is 2.27. The van der Waals surface area contributed by atoms with Gasteiger partial charge in [0.1, 0.15) is 19.8 Å². The van der Waals surface area contributed by atoms with Crippen molar-refractivity contribution in [1.82, 2.24) is 0 Å². The van der Waals surface area contributed by atoms with Gasteiger partial charge in [0.2, 0.25) is 6.10 Å². The van der Waals surface area contributed by atoms with Crippen LogP contribution in [0.4, 0.5) is 5.69 Å². The van der Waals surface area contributed by atoms with E-state index in [1.54, 1.807) is 36.4 Å². The Morgan fingerprint density at radius 2 is 1.76 bits per heavy atom. The van der Waals surface area contributed by atoms with Gasteiger partial charge in [0, 0.05) is 5.69 Å². The van der Waals surface area contributed by atoms with E-state index in [0.717, 1.165) is 19.6 Å². The van der Waals surface area contributed by atoms with E-state index in [2.05, 4.69) is 19.2 Å². The maximum Gasteiger partial charge on any atom is 0.338 e. The van der Waals surface area contributed by atoms with Crippen molar-refractivity contribution in [2.45, 2.75) is 20.0 Å². The quantitative estimate of drug-likeness (QED) is 0.659. The van der Waals surface area contributed by atoms with Crippen molar-refractivity contribution in [2.24, 2.45) is 0 Å². The van der Waals surface area contributed by atoms with Gasteiger partial charge in [-0.3, -0.25) is 4.79 Å². The van der Waals surface area contributed by atoms with Gasteiger partial charge in [-0.15, -0.1) is 0 Å². The predicted octanol–water partition coefficient (Wildman–Crippen LogP) is 1.55. The molecule has 0 bridgehead atoms. The molecular weight excluding hydrogens is 372 g/mol. The van der Waals surface area contributed by atoms with Gasteiger partial charge in [-0.05, 0) is 50.2 Å². The molecule has 1 amide bonds. The number of fused-ring (bicyclic) bond motifs is 1. The van der Waals surface area contributed by atoms with E-state index in [0.29, 0.717) is 29.4 Å². The number of rotatable bonds is 8. The lowest BCUT2D eigenvalue weighted by molar-refractivity contribution is -0.896. The molecule has 0 fully saturated rings. The van der Waals surface area contributed by atoms with Crippen molar-refractivity contribution in [3.05, 3.63) is 54.1 Å². The van der Waals surface area contributed by atoms with E-state index < -0.39 is 6.10 Å². The van der Waals surface area contributed by atoms with Crippen molar-refractivity contribution in [3.63, 3.8) is 0 Å². The molecule has 0 unspecified atom stereocenters. The molecular formula is C22H27N2O5+. The van der Waals surface area contributed by atoms with Crippen LogP contribution in [0, 0.1) is 0 Å². The lowest BCUT2D eigenvalue weighted by atomic mass is 10.2. The van der Waals surface area contributed by atoms with E-state index in [9.17, 15) is 9.59 Å². The summed E-state index contributed by atoms with van der Waals surface area (Å²) in [6.07, 6.45) is -0.739. The standard InChI is InChI=1S/C22H26N2O5/c1-3-24(4-2)13-14-27-22(26)16-9-11-17(12-10-16)23-21(25)20-15-28-18-7-5-6-8-19(18)29-20/h5-12,20H,3-4,13-15H2,1-2H3,(H,23,25)/p+1/t20-/m0/s1. The Balaban J connectivity index is 1.50. The lowest BCUT2D eigenvalue weighted by Gasteiger charge is -2.25. The molecule has 2 aromatic rings. The lowest BCUT2D eigenvalue weighted by Crippen LogP contribution is -3.11. The Morgan fingerprint density at radius 1 is 1.07 bits per heavy atom. The maximum absolute atomic E-state index is 12.4. The fraction of sp³-hybridized carbons (Fsp3) is 0.364. The van der Waals surface area contributed by atoms with Gasteiger partial charge < -0.3 is 24.4 Å². The molecule has 1 aliphatic rings. The Hall–Kier alpha value is -3.06. The van der Waals surface area contributed by atoms with Crippen LogP contribution >= 0.6 is 0 Å². The van der Waals surface area contributed by atoms with Gasteiger partial charge in [0.05, 0.1) is 18.7 Å². The third-order valence-electron chi connectivity index (χ3n) is 4.88. The summed E-state index contributed by atoms with van der Waals surface area (Å²) in [5, 5.41) is 2.78. The topological polar surface area (TPSA) is 78.3 Å². The number of hydrogen-bond acceptors (Lipinski definition) is 5. The Kier molecular flexibility index (Phi) is 7.08. The van der Waals surface area contributed by atoms with Crippen LogP contribution < -0.4 is 19.7 Å². The summed E-state index contributed by atoms with van der Waals surface area (Å²) < 4.78 is 16.6. The van der Waals surface area contributed by atoms with E-state index in [1.807, 2.05) is 12.1 Å². The van der Waals surface area contributed by atoms with Crippen LogP contribution in [0.1, 0.15) is 24.2 Å². The Labute approximate surface area is 170 Å². The highest BCUT2D eigenvalue weighted by atomic mass is 16.6. The van der Waals surface area contributed by atoms with E-state index in [1.165, 1.54) is 4.90 Å². The van der Waals surface area contributed by atoms with E-state index in [-0.39, 0.29) is 18.5 Å². The Morgan fingerprint density at radius 3 is 2.45 bits per heavy atom. The van der Waals surface area contributed by atoms with Gasteiger partial charge in [-0.2, -0.15) is 0 Å². The van der Waals surface area contributed by atoms with Crippen LogP contribution in [0.3, 0.4) is 0 Å². The summed E-state index contributed by atoms with van der Waals surface area (Å²) in [6.45, 7) is 7.54. The first kappa shape index (κ1) is 20.7. The molecule has 29 heavy (non-hydrogen) atoms. The minimum atomic E-state index is -0.739. The molecule has 0 aromatic heterocycles. The molecule has 0 radical (unpaired) electrons. The summed E-state index contributed by atoms with van der Waals surface area (Å²) in [7, 11) is 0. The smallest absolute Gasteiger partial charge is 0.338 e. The molecule has 7 nitrogen and oxygen atoms in total. The number of anilines is 1. The Bertz CT molecular complexity index is 833. The number of carbonyl (C=O) groups excluding carboxylic acids is 2. The number of esters is 1. The number of likely N-dealkylation sites (N-methyl/N-ethyl adjacent to an activating group) is 1. The van der Waals surface area contributed by atoms with Crippen molar-refractivity contribution < 1.29 is 28.7 Å². The summed E-state index contributed by atoms with van der Waals surface area (Å²) in [5.41, 5.74) is 1.02. The maximum atomic E-state index is 12.4. The SMILES string of the molecule is CC[NH+](CC)CCOC(=O)c1ccc(NC(=O)[C@@H]2COc3ccccc3O2)cc1. The molecule has 1 aliphatic heterocycles. The molecule has 0 saturated carbocycles. The third-order valence-corrected chi connectivity index (χ3v) is 4.88. The molecule has 3 rings (SSSR count). The zero-order valence-corrected chi connectivity index (χ0v) is 16.8. The molecule has 7 heteroatoms. The molecule has 0 aliphatic carbocycles. The van der Waals surface area contributed by atoms with Crippen molar-refractivity contribution in [3.8, 4) is 11.5 Å². The molecule has 1 heterocycles. The zero-order chi connectivity index (χ0) is 20.6. The third kappa shape index (κ3) is 5.48. The van der Waals surface area contributed by atoms with Crippen LogP contribution in [0.5, 0.6) is 11.5 Å². The summed E-state index contributed by atoms with van der Waals surface area (Å²) in [5.74, 6) is 0.498. The summed E-state index contributed by atoms with van der Waals surface area (Å²) in [6, 6.07) is 13.8. The summed E-state index contributed by atoms with van der Waals surface area (Å²) >= 11 is 0. The molecule has 0 saturated heterocycles. The van der Waals surface area contributed by atoms with Crippen LogP contribution in [0.2, 0.25) is 0 Å². The first-order valence-corrected chi connectivity index (χ1v) is 9.90. The number of quaternary nitrogens is 1. The van der Waals surface area contributed by atoms with Crippen LogP contribution in [0.25, 0.3) is 0 Å². The predicted molar refractivity (Wildman–Crippen MR) is 109 cm³/mol. The second-order valence-corrected chi connectivity index (χ2v) is 6.77. The first-order valence-electron chi connectivity index (χ1n) is 9.90. The van der Waals surface area contributed by atoms with Gasteiger partial charge in [0.15, 0.2) is 11.5 Å². The summed E-state index contributed by atoms with van der Waals surface area (Å²) in [4.78, 5) is 26.0. The average molecular weight is 399 g/mol. The normalized spacial score (nSPS) is 15.1. The molecule has 2 N–H and O–H groups in total. The number of nitrogens with one attached hydrogen (secondary N) is 2.